The molecule has 0 aromatic heterocycles. The molecule has 1 aliphatic heterocycles. The van der Waals surface area contributed by atoms with E-state index < -0.39 is 5.60 Å². The number of nitrogens with two attached hydrogens (primary N) is 1. The van der Waals surface area contributed by atoms with Crippen LogP contribution in [0.5, 0.6) is 5.75 Å². The number of rotatable bonds is 4. The summed E-state index contributed by atoms with van der Waals surface area (Å²) in [6, 6.07) is 7.62. The highest BCUT2D eigenvalue weighted by molar-refractivity contribution is 5.70. The fourth-order valence-electron chi connectivity index (χ4n) is 2.04. The summed E-state index contributed by atoms with van der Waals surface area (Å²) in [6.45, 7) is 3.13. The SMILES string of the molecule is COc1ccccc1CN1CC(C)(CN)OC1=O. The van der Waals surface area contributed by atoms with Crippen molar-refractivity contribution >= 4 is 6.09 Å². The van der Waals surface area contributed by atoms with Crippen molar-refractivity contribution in [2.24, 2.45) is 5.73 Å². The summed E-state index contributed by atoms with van der Waals surface area (Å²) in [4.78, 5) is 13.4. The van der Waals surface area contributed by atoms with E-state index in [0.717, 1.165) is 11.3 Å². The molecule has 1 amide bonds. The Balaban J connectivity index is 2.13. The van der Waals surface area contributed by atoms with E-state index in [1.54, 1.807) is 12.0 Å². The van der Waals surface area contributed by atoms with Gasteiger partial charge in [0.15, 0.2) is 0 Å². The Kier molecular flexibility index (Phi) is 3.43. The van der Waals surface area contributed by atoms with Crippen LogP contribution in [0.3, 0.4) is 0 Å². The minimum absolute atomic E-state index is 0.321. The second kappa shape index (κ2) is 4.86. The fraction of sp³-hybridized carbons (Fsp3) is 0.462. The van der Waals surface area contributed by atoms with Gasteiger partial charge in [0.25, 0.3) is 0 Å². The number of cyclic esters (lactones) is 1. The first-order valence-corrected chi connectivity index (χ1v) is 5.88. The van der Waals surface area contributed by atoms with Crippen LogP contribution in [0.25, 0.3) is 0 Å². The van der Waals surface area contributed by atoms with E-state index in [-0.39, 0.29) is 6.09 Å². The third-order valence-corrected chi connectivity index (χ3v) is 3.10. The zero-order valence-corrected chi connectivity index (χ0v) is 10.7. The number of hydrogen-bond donors (Lipinski definition) is 1. The quantitative estimate of drug-likeness (QED) is 0.876. The Bertz CT molecular complexity index is 450. The number of amides is 1. The van der Waals surface area contributed by atoms with Gasteiger partial charge in [0.05, 0.1) is 20.2 Å². The maximum absolute atomic E-state index is 11.8. The summed E-state index contributed by atoms with van der Waals surface area (Å²) in [5.74, 6) is 0.770. The number of carbonyl (C=O) groups is 1. The van der Waals surface area contributed by atoms with Gasteiger partial charge in [-0.15, -0.1) is 0 Å². The summed E-state index contributed by atoms with van der Waals surface area (Å²) >= 11 is 0. The number of ether oxygens (including phenoxy) is 2. The van der Waals surface area contributed by atoms with Gasteiger partial charge in [-0.2, -0.15) is 0 Å². The average Bonchev–Trinajstić information content (AvgIpc) is 2.66. The number of para-hydroxylation sites is 1. The Morgan fingerprint density at radius 1 is 1.50 bits per heavy atom. The Morgan fingerprint density at radius 2 is 2.22 bits per heavy atom. The minimum Gasteiger partial charge on any atom is -0.496 e. The first kappa shape index (κ1) is 12.7. The summed E-state index contributed by atoms with van der Waals surface area (Å²) in [7, 11) is 1.62. The molecule has 1 unspecified atom stereocenters. The van der Waals surface area contributed by atoms with Gasteiger partial charge in [0.1, 0.15) is 11.4 Å². The molecule has 0 bridgehead atoms. The van der Waals surface area contributed by atoms with Crippen LogP contribution in [-0.2, 0) is 11.3 Å². The van der Waals surface area contributed by atoms with Crippen molar-refractivity contribution in [3.63, 3.8) is 0 Å². The molecule has 1 aromatic rings. The molecule has 5 heteroatoms. The van der Waals surface area contributed by atoms with Gasteiger partial charge in [0, 0.05) is 12.1 Å². The Morgan fingerprint density at radius 3 is 2.83 bits per heavy atom. The number of hydrogen-bond acceptors (Lipinski definition) is 4. The first-order chi connectivity index (χ1) is 8.58. The highest BCUT2D eigenvalue weighted by Gasteiger charge is 2.40. The van der Waals surface area contributed by atoms with Gasteiger partial charge in [-0.3, -0.25) is 4.90 Å². The van der Waals surface area contributed by atoms with E-state index >= 15 is 0 Å². The van der Waals surface area contributed by atoms with Crippen molar-refractivity contribution in [1.29, 1.82) is 0 Å². The molecule has 0 spiro atoms. The summed E-state index contributed by atoms with van der Waals surface area (Å²) in [5, 5.41) is 0. The predicted molar refractivity (Wildman–Crippen MR) is 67.3 cm³/mol. The molecule has 1 aromatic carbocycles. The van der Waals surface area contributed by atoms with E-state index in [1.165, 1.54) is 0 Å². The van der Waals surface area contributed by atoms with Gasteiger partial charge >= 0.3 is 6.09 Å². The first-order valence-electron chi connectivity index (χ1n) is 5.88. The Hall–Kier alpha value is -1.75. The molecule has 1 heterocycles. The van der Waals surface area contributed by atoms with Crippen LogP contribution in [0.4, 0.5) is 4.79 Å². The number of nitrogens with zero attached hydrogens (tertiary/aromatic N) is 1. The number of carbonyl (C=O) groups excluding carboxylic acids is 1. The van der Waals surface area contributed by atoms with Crippen LogP contribution < -0.4 is 10.5 Å². The van der Waals surface area contributed by atoms with Gasteiger partial charge in [0.2, 0.25) is 0 Å². The van der Waals surface area contributed by atoms with Crippen LogP contribution in [0.15, 0.2) is 24.3 Å². The second-order valence-electron chi connectivity index (χ2n) is 4.69. The van der Waals surface area contributed by atoms with Crippen molar-refractivity contribution in [2.75, 3.05) is 20.2 Å². The molecule has 1 atom stereocenters. The molecule has 5 nitrogen and oxygen atoms in total. The van der Waals surface area contributed by atoms with E-state index in [9.17, 15) is 4.79 Å². The Labute approximate surface area is 106 Å². The van der Waals surface area contributed by atoms with Gasteiger partial charge < -0.3 is 15.2 Å². The van der Waals surface area contributed by atoms with Crippen LogP contribution in [0, 0.1) is 0 Å². The van der Waals surface area contributed by atoms with Crippen LogP contribution in [-0.4, -0.2) is 36.8 Å². The third-order valence-electron chi connectivity index (χ3n) is 3.10. The molecular formula is C13H18N2O3. The smallest absolute Gasteiger partial charge is 0.410 e. The van der Waals surface area contributed by atoms with Crippen LogP contribution in [0.1, 0.15) is 12.5 Å². The van der Waals surface area contributed by atoms with Crippen molar-refractivity contribution < 1.29 is 14.3 Å². The standard InChI is InChI=1S/C13H18N2O3/c1-13(8-14)9-15(12(16)18-13)7-10-5-3-4-6-11(10)17-2/h3-6H,7-9,14H2,1-2H3. The molecule has 1 aliphatic rings. The molecule has 98 valence electrons. The van der Waals surface area contributed by atoms with E-state index in [0.29, 0.717) is 19.6 Å². The third kappa shape index (κ3) is 2.41. The van der Waals surface area contributed by atoms with E-state index in [2.05, 4.69) is 0 Å². The van der Waals surface area contributed by atoms with Gasteiger partial charge in [-0.25, -0.2) is 4.79 Å². The lowest BCUT2D eigenvalue weighted by Crippen LogP contribution is -2.38. The van der Waals surface area contributed by atoms with Crippen LogP contribution in [0.2, 0.25) is 0 Å². The molecular weight excluding hydrogens is 232 g/mol. The van der Waals surface area contributed by atoms with Crippen molar-refractivity contribution in [3.8, 4) is 5.75 Å². The maximum atomic E-state index is 11.8. The fourth-order valence-corrected chi connectivity index (χ4v) is 2.04. The molecule has 0 aliphatic carbocycles. The van der Waals surface area contributed by atoms with Crippen LogP contribution >= 0.6 is 0 Å². The minimum atomic E-state index is -0.584. The van der Waals surface area contributed by atoms with Gasteiger partial charge in [-0.1, -0.05) is 18.2 Å². The molecule has 2 rings (SSSR count). The summed E-state index contributed by atoms with van der Waals surface area (Å²) < 4.78 is 10.5. The molecule has 2 N–H and O–H groups in total. The molecule has 0 saturated carbocycles. The van der Waals surface area contributed by atoms with E-state index in [4.69, 9.17) is 15.2 Å². The van der Waals surface area contributed by atoms with Crippen molar-refractivity contribution in [2.45, 2.75) is 19.1 Å². The maximum Gasteiger partial charge on any atom is 0.410 e. The normalized spacial score (nSPS) is 23.1. The summed E-state index contributed by atoms with van der Waals surface area (Å²) in [5.41, 5.74) is 5.99. The molecule has 1 fully saturated rings. The summed E-state index contributed by atoms with van der Waals surface area (Å²) in [6.07, 6.45) is -0.325. The molecule has 1 saturated heterocycles. The lowest BCUT2D eigenvalue weighted by atomic mass is 10.1. The largest absolute Gasteiger partial charge is 0.496 e. The zero-order valence-electron chi connectivity index (χ0n) is 10.7. The predicted octanol–water partition coefficient (Wildman–Crippen LogP) is 1.36. The van der Waals surface area contributed by atoms with Crippen molar-refractivity contribution in [1.82, 2.24) is 4.90 Å². The number of methoxy groups -OCH3 is 1. The monoisotopic (exact) mass is 250 g/mol. The molecule has 0 radical (unpaired) electrons. The lowest BCUT2D eigenvalue weighted by molar-refractivity contribution is 0.0781. The van der Waals surface area contributed by atoms with Gasteiger partial charge in [-0.05, 0) is 13.0 Å². The zero-order chi connectivity index (χ0) is 13.2. The second-order valence-corrected chi connectivity index (χ2v) is 4.69. The lowest BCUT2D eigenvalue weighted by Gasteiger charge is -2.19. The topological polar surface area (TPSA) is 64.8 Å². The van der Waals surface area contributed by atoms with Crippen molar-refractivity contribution in [3.05, 3.63) is 29.8 Å². The molecule has 18 heavy (non-hydrogen) atoms. The average molecular weight is 250 g/mol. The van der Waals surface area contributed by atoms with E-state index in [1.807, 2.05) is 31.2 Å². The highest BCUT2D eigenvalue weighted by atomic mass is 16.6. The number of benzene rings is 1. The highest BCUT2D eigenvalue weighted by Crippen LogP contribution is 2.26.